The number of rotatable bonds is 4. The van der Waals surface area contributed by atoms with Gasteiger partial charge < -0.3 is 10.2 Å². The van der Waals surface area contributed by atoms with Crippen LogP contribution in [0, 0.1) is 12.8 Å². The van der Waals surface area contributed by atoms with E-state index in [9.17, 15) is 0 Å². The smallest absolute Gasteiger partial charge is 0.0438 e. The number of likely N-dealkylation sites (tertiary alicyclic amines) is 1. The lowest BCUT2D eigenvalue weighted by atomic mass is 9.97. The summed E-state index contributed by atoms with van der Waals surface area (Å²) in [5, 5.41) is 4.42. The van der Waals surface area contributed by atoms with E-state index in [4.69, 9.17) is 11.6 Å². The Morgan fingerprint density at radius 2 is 2.06 bits per heavy atom. The van der Waals surface area contributed by atoms with Crippen LogP contribution in [0.4, 0.5) is 0 Å². The molecule has 18 heavy (non-hydrogen) atoms. The van der Waals surface area contributed by atoms with Gasteiger partial charge in [-0.1, -0.05) is 23.7 Å². The van der Waals surface area contributed by atoms with Gasteiger partial charge in [-0.2, -0.15) is 0 Å². The maximum Gasteiger partial charge on any atom is 0.0438 e. The standard InChI is InChI=1S/C15H23ClN2/c1-12-3-4-14(9-15(12)16)11-17-10-13-5-7-18(2)8-6-13/h3-4,9,13,17H,5-8,10-11H2,1-2H3. The molecular weight excluding hydrogens is 244 g/mol. The first-order chi connectivity index (χ1) is 8.65. The van der Waals surface area contributed by atoms with Gasteiger partial charge in [-0.15, -0.1) is 0 Å². The summed E-state index contributed by atoms with van der Waals surface area (Å²) < 4.78 is 0. The van der Waals surface area contributed by atoms with E-state index in [1.54, 1.807) is 0 Å². The number of hydrogen-bond donors (Lipinski definition) is 1. The molecule has 1 aliphatic heterocycles. The molecule has 1 saturated heterocycles. The fourth-order valence-electron chi connectivity index (χ4n) is 2.43. The zero-order valence-corrected chi connectivity index (χ0v) is 12.1. The highest BCUT2D eigenvalue weighted by Gasteiger charge is 2.15. The van der Waals surface area contributed by atoms with Gasteiger partial charge in [0.15, 0.2) is 0 Å². The minimum atomic E-state index is 0.835. The third-order valence-corrected chi connectivity index (χ3v) is 4.24. The molecule has 1 aromatic rings. The summed E-state index contributed by atoms with van der Waals surface area (Å²) in [6.45, 7) is 6.56. The molecule has 1 aromatic carbocycles. The first kappa shape index (κ1) is 13.9. The van der Waals surface area contributed by atoms with E-state index in [-0.39, 0.29) is 0 Å². The highest BCUT2D eigenvalue weighted by atomic mass is 35.5. The summed E-state index contributed by atoms with van der Waals surface area (Å²) in [6.07, 6.45) is 2.64. The first-order valence-corrected chi connectivity index (χ1v) is 7.17. The van der Waals surface area contributed by atoms with Gasteiger partial charge >= 0.3 is 0 Å². The minimum Gasteiger partial charge on any atom is -0.312 e. The van der Waals surface area contributed by atoms with Crippen molar-refractivity contribution in [3.63, 3.8) is 0 Å². The lowest BCUT2D eigenvalue weighted by molar-refractivity contribution is 0.216. The van der Waals surface area contributed by atoms with Crippen LogP contribution in [-0.2, 0) is 6.54 Å². The second-order valence-corrected chi connectivity index (χ2v) is 5.87. The Morgan fingerprint density at radius 1 is 1.33 bits per heavy atom. The van der Waals surface area contributed by atoms with Gasteiger partial charge in [0.2, 0.25) is 0 Å². The van der Waals surface area contributed by atoms with Crippen molar-refractivity contribution in [1.82, 2.24) is 10.2 Å². The Balaban J connectivity index is 1.73. The predicted molar refractivity (Wildman–Crippen MR) is 78.1 cm³/mol. The van der Waals surface area contributed by atoms with Crippen LogP contribution in [0.2, 0.25) is 5.02 Å². The van der Waals surface area contributed by atoms with E-state index < -0.39 is 0 Å². The van der Waals surface area contributed by atoms with E-state index in [1.165, 1.54) is 31.5 Å². The molecule has 100 valence electrons. The average Bonchev–Trinajstić information content (AvgIpc) is 2.36. The quantitative estimate of drug-likeness (QED) is 0.901. The van der Waals surface area contributed by atoms with Gasteiger partial charge in [-0.25, -0.2) is 0 Å². The van der Waals surface area contributed by atoms with Crippen LogP contribution in [0.25, 0.3) is 0 Å². The zero-order valence-electron chi connectivity index (χ0n) is 11.4. The van der Waals surface area contributed by atoms with Crippen molar-refractivity contribution < 1.29 is 0 Å². The van der Waals surface area contributed by atoms with Crippen LogP contribution >= 0.6 is 11.6 Å². The summed E-state index contributed by atoms with van der Waals surface area (Å²) in [5.41, 5.74) is 2.43. The number of halogens is 1. The third-order valence-electron chi connectivity index (χ3n) is 3.84. The number of nitrogens with zero attached hydrogens (tertiary/aromatic N) is 1. The van der Waals surface area contributed by atoms with Gasteiger partial charge in [0.05, 0.1) is 0 Å². The SMILES string of the molecule is Cc1ccc(CNCC2CCN(C)CC2)cc1Cl. The fourth-order valence-corrected chi connectivity index (χ4v) is 2.64. The van der Waals surface area contributed by atoms with Crippen molar-refractivity contribution in [2.24, 2.45) is 5.92 Å². The van der Waals surface area contributed by atoms with Crippen LogP contribution in [-0.4, -0.2) is 31.6 Å². The molecule has 1 N–H and O–H groups in total. The molecule has 0 unspecified atom stereocenters. The summed E-state index contributed by atoms with van der Waals surface area (Å²) in [4.78, 5) is 2.41. The maximum atomic E-state index is 6.12. The van der Waals surface area contributed by atoms with Crippen LogP contribution in [0.5, 0.6) is 0 Å². The molecule has 0 saturated carbocycles. The second kappa shape index (κ2) is 6.55. The molecule has 0 aliphatic carbocycles. The van der Waals surface area contributed by atoms with E-state index in [1.807, 2.05) is 6.92 Å². The van der Waals surface area contributed by atoms with E-state index in [2.05, 4.69) is 35.5 Å². The summed E-state index contributed by atoms with van der Waals surface area (Å²) in [5.74, 6) is 0.835. The van der Waals surface area contributed by atoms with Crippen molar-refractivity contribution in [2.75, 3.05) is 26.7 Å². The number of piperidine rings is 1. The van der Waals surface area contributed by atoms with Gasteiger partial charge in [0, 0.05) is 11.6 Å². The molecule has 1 heterocycles. The topological polar surface area (TPSA) is 15.3 Å². The van der Waals surface area contributed by atoms with Gasteiger partial charge in [-0.05, 0) is 69.6 Å². The van der Waals surface area contributed by atoms with Crippen LogP contribution in [0.3, 0.4) is 0 Å². The Hall–Kier alpha value is -0.570. The number of benzene rings is 1. The average molecular weight is 267 g/mol. The molecule has 1 aliphatic rings. The Bertz CT molecular complexity index is 384. The van der Waals surface area contributed by atoms with Crippen LogP contribution < -0.4 is 5.32 Å². The molecule has 0 atom stereocenters. The van der Waals surface area contributed by atoms with Crippen molar-refractivity contribution in [3.05, 3.63) is 34.3 Å². The fraction of sp³-hybridized carbons (Fsp3) is 0.600. The Morgan fingerprint density at radius 3 is 2.72 bits per heavy atom. The predicted octanol–water partition coefficient (Wildman–Crippen LogP) is 3.08. The summed E-state index contributed by atoms with van der Waals surface area (Å²) in [7, 11) is 2.21. The van der Waals surface area contributed by atoms with Crippen molar-refractivity contribution in [2.45, 2.75) is 26.3 Å². The van der Waals surface area contributed by atoms with E-state index >= 15 is 0 Å². The Labute approximate surface area is 115 Å². The number of nitrogens with one attached hydrogen (secondary N) is 1. The molecule has 2 rings (SSSR count). The molecule has 0 aromatic heterocycles. The molecule has 0 bridgehead atoms. The van der Waals surface area contributed by atoms with Crippen molar-refractivity contribution in [3.8, 4) is 0 Å². The van der Waals surface area contributed by atoms with Crippen molar-refractivity contribution >= 4 is 11.6 Å². The number of hydrogen-bond acceptors (Lipinski definition) is 2. The van der Waals surface area contributed by atoms with Gasteiger partial charge in [0.1, 0.15) is 0 Å². The monoisotopic (exact) mass is 266 g/mol. The molecular formula is C15H23ClN2. The first-order valence-electron chi connectivity index (χ1n) is 6.79. The van der Waals surface area contributed by atoms with E-state index in [0.29, 0.717) is 0 Å². The normalized spacial score (nSPS) is 18.2. The lowest BCUT2D eigenvalue weighted by Crippen LogP contribution is -2.34. The van der Waals surface area contributed by atoms with Crippen LogP contribution in [0.1, 0.15) is 24.0 Å². The zero-order chi connectivity index (χ0) is 13.0. The van der Waals surface area contributed by atoms with Crippen molar-refractivity contribution in [1.29, 1.82) is 0 Å². The lowest BCUT2D eigenvalue weighted by Gasteiger charge is -2.29. The highest BCUT2D eigenvalue weighted by molar-refractivity contribution is 6.31. The third kappa shape index (κ3) is 3.98. The van der Waals surface area contributed by atoms with Gasteiger partial charge in [-0.3, -0.25) is 0 Å². The molecule has 0 spiro atoms. The molecule has 0 amide bonds. The Kier molecular flexibility index (Phi) is 5.04. The summed E-state index contributed by atoms with van der Waals surface area (Å²) >= 11 is 6.12. The van der Waals surface area contributed by atoms with E-state index in [0.717, 1.165) is 29.6 Å². The number of aryl methyl sites for hydroxylation is 1. The molecule has 2 nitrogen and oxygen atoms in total. The maximum absolute atomic E-state index is 6.12. The summed E-state index contributed by atoms with van der Waals surface area (Å²) in [6, 6.07) is 6.32. The van der Waals surface area contributed by atoms with Crippen LogP contribution in [0.15, 0.2) is 18.2 Å². The molecule has 0 radical (unpaired) electrons. The minimum absolute atomic E-state index is 0.835. The highest BCUT2D eigenvalue weighted by Crippen LogP contribution is 2.17. The van der Waals surface area contributed by atoms with Gasteiger partial charge in [0.25, 0.3) is 0 Å². The molecule has 3 heteroatoms. The largest absolute Gasteiger partial charge is 0.312 e. The molecule has 1 fully saturated rings. The second-order valence-electron chi connectivity index (χ2n) is 5.46.